The van der Waals surface area contributed by atoms with Crippen LogP contribution in [0, 0.1) is 17.3 Å². The van der Waals surface area contributed by atoms with Crippen molar-refractivity contribution >= 4 is 5.91 Å². The summed E-state index contributed by atoms with van der Waals surface area (Å²) in [6.45, 7) is 3.78. The fourth-order valence-electron chi connectivity index (χ4n) is 6.46. The maximum atomic E-state index is 13.5. The van der Waals surface area contributed by atoms with Crippen molar-refractivity contribution in [2.45, 2.75) is 76.1 Å². The molecule has 1 aromatic carbocycles. The number of rotatable bonds is 6. The highest BCUT2D eigenvalue weighted by Crippen LogP contribution is 2.49. The van der Waals surface area contributed by atoms with Crippen LogP contribution >= 0.6 is 0 Å². The van der Waals surface area contributed by atoms with Gasteiger partial charge in [0, 0.05) is 30.5 Å². The van der Waals surface area contributed by atoms with Crippen LogP contribution in [0.2, 0.25) is 0 Å². The number of carbonyl (C=O) groups excluding carboxylic acids is 1. The molecule has 1 heterocycles. The molecule has 1 saturated carbocycles. The molecule has 0 radical (unpaired) electrons. The second kappa shape index (κ2) is 10.1. The summed E-state index contributed by atoms with van der Waals surface area (Å²) in [4.78, 5) is 15.8. The van der Waals surface area contributed by atoms with Crippen LogP contribution in [0.25, 0.3) is 0 Å². The number of nitrogens with zero attached hydrogens (tertiary/aromatic N) is 1. The fourth-order valence-corrected chi connectivity index (χ4v) is 6.46. The lowest BCUT2D eigenvalue weighted by Gasteiger charge is -2.47. The van der Waals surface area contributed by atoms with Crippen molar-refractivity contribution < 1.29 is 41.0 Å². The number of alkyl halides is 6. The van der Waals surface area contributed by atoms with Crippen molar-refractivity contribution in [3.63, 3.8) is 0 Å². The lowest BCUT2D eigenvalue weighted by atomic mass is 9.71. The number of halogens is 6. The van der Waals surface area contributed by atoms with Gasteiger partial charge in [0.1, 0.15) is 0 Å². The first-order valence-electron chi connectivity index (χ1n) is 12.8. The van der Waals surface area contributed by atoms with E-state index in [4.69, 9.17) is 4.74 Å². The van der Waals surface area contributed by atoms with Gasteiger partial charge in [-0.05, 0) is 70.3 Å². The molecule has 1 aromatic rings. The molecule has 5 nitrogen and oxygen atoms in total. The number of allylic oxidation sites excluding steroid dienone is 1. The molecule has 11 heteroatoms. The van der Waals surface area contributed by atoms with Crippen molar-refractivity contribution in [2.24, 2.45) is 17.3 Å². The third kappa shape index (κ3) is 5.60. The van der Waals surface area contributed by atoms with Crippen LogP contribution in [0.3, 0.4) is 0 Å². The van der Waals surface area contributed by atoms with E-state index in [9.17, 15) is 36.2 Å². The molecule has 2 aliphatic carbocycles. The molecule has 0 spiro atoms. The number of benzene rings is 1. The SMILES string of the molecule is CN(C1C2C=CCC1COC2)[C@@H]1CC[C@@](C(=O)NCc2cc(C(F)(F)F)cc(C(F)(F)F)c2)(C(C)(C)O)C1. The highest BCUT2D eigenvalue weighted by atomic mass is 19.4. The standard InChI is InChI=1S/C27H34F6N2O3/c1-24(2,37)25(8-7-21(12-25)35(3)22-17-5-4-6-18(22)15-38-14-17)23(36)34-13-16-9-19(26(28,29)30)11-20(10-16)27(31,32)33/h4-5,9-11,17-18,21-22,37H,6-8,12-15H2,1-3H3,(H,34,36)/t17?,18?,21-,22?,25-/m1/s1. The number of hydrogen-bond acceptors (Lipinski definition) is 4. The Morgan fingerprint density at radius 3 is 2.29 bits per heavy atom. The fraction of sp³-hybridized carbons (Fsp3) is 0.667. The quantitative estimate of drug-likeness (QED) is 0.380. The molecule has 212 valence electrons. The van der Waals surface area contributed by atoms with Gasteiger partial charge in [-0.1, -0.05) is 12.2 Å². The summed E-state index contributed by atoms with van der Waals surface area (Å²) in [6.07, 6.45) is -3.46. The van der Waals surface area contributed by atoms with E-state index in [1.54, 1.807) is 0 Å². The molecular weight excluding hydrogens is 514 g/mol. The third-order valence-corrected chi connectivity index (χ3v) is 8.63. The van der Waals surface area contributed by atoms with Crippen LogP contribution < -0.4 is 5.32 Å². The summed E-state index contributed by atoms with van der Waals surface area (Å²) in [7, 11) is 2.01. The zero-order valence-corrected chi connectivity index (χ0v) is 21.6. The van der Waals surface area contributed by atoms with Crippen LogP contribution in [0.15, 0.2) is 30.4 Å². The Morgan fingerprint density at radius 2 is 1.74 bits per heavy atom. The van der Waals surface area contributed by atoms with E-state index in [1.807, 2.05) is 7.05 Å². The average molecular weight is 549 g/mol. The van der Waals surface area contributed by atoms with Crippen molar-refractivity contribution in [3.8, 4) is 0 Å². The number of amides is 1. The molecule has 2 N–H and O–H groups in total. The zero-order chi connectivity index (χ0) is 28.1. The highest BCUT2D eigenvalue weighted by molar-refractivity contribution is 5.84. The molecule has 3 unspecified atom stereocenters. The van der Waals surface area contributed by atoms with Gasteiger partial charge in [-0.2, -0.15) is 26.3 Å². The van der Waals surface area contributed by atoms with Crippen LogP contribution in [-0.2, 0) is 28.4 Å². The molecular formula is C27H34F6N2O3. The predicted molar refractivity (Wildman–Crippen MR) is 128 cm³/mol. The topological polar surface area (TPSA) is 61.8 Å². The molecule has 0 aromatic heterocycles. The molecule has 1 aliphatic heterocycles. The van der Waals surface area contributed by atoms with Crippen molar-refractivity contribution in [1.82, 2.24) is 10.2 Å². The molecule has 4 rings (SSSR count). The van der Waals surface area contributed by atoms with Gasteiger partial charge in [0.15, 0.2) is 0 Å². The van der Waals surface area contributed by atoms with E-state index in [2.05, 4.69) is 22.4 Å². The lowest BCUT2D eigenvalue weighted by Crippen LogP contribution is -2.56. The normalized spacial score (nSPS) is 30.1. The van der Waals surface area contributed by atoms with Gasteiger partial charge in [0.25, 0.3) is 0 Å². The zero-order valence-electron chi connectivity index (χ0n) is 21.6. The Bertz CT molecular complexity index is 1030. The van der Waals surface area contributed by atoms with Gasteiger partial charge < -0.3 is 15.2 Å². The van der Waals surface area contributed by atoms with Crippen molar-refractivity contribution in [3.05, 3.63) is 47.0 Å². The second-order valence-electron chi connectivity index (χ2n) is 11.4. The molecule has 2 fully saturated rings. The Hall–Kier alpha value is -2.11. The van der Waals surface area contributed by atoms with Gasteiger partial charge in [-0.3, -0.25) is 9.69 Å². The Labute approximate surface area is 218 Å². The van der Waals surface area contributed by atoms with Gasteiger partial charge in [0.2, 0.25) is 5.91 Å². The highest BCUT2D eigenvalue weighted by Gasteiger charge is 2.56. The smallest absolute Gasteiger partial charge is 0.389 e. The Morgan fingerprint density at radius 1 is 1.11 bits per heavy atom. The number of aliphatic hydroxyl groups is 1. The summed E-state index contributed by atoms with van der Waals surface area (Å²) >= 11 is 0. The average Bonchev–Trinajstić information content (AvgIpc) is 3.27. The summed E-state index contributed by atoms with van der Waals surface area (Å²) in [5.74, 6) is -0.0420. The summed E-state index contributed by atoms with van der Waals surface area (Å²) in [6, 6.07) is 1.47. The maximum absolute atomic E-state index is 13.5. The summed E-state index contributed by atoms with van der Waals surface area (Å²) in [5, 5.41) is 13.6. The number of fused-ring (bicyclic) bond motifs is 2. The van der Waals surface area contributed by atoms with E-state index in [0.717, 1.165) is 6.42 Å². The van der Waals surface area contributed by atoms with E-state index < -0.39 is 46.9 Å². The first-order valence-corrected chi connectivity index (χ1v) is 12.8. The molecule has 1 saturated heterocycles. The minimum atomic E-state index is -4.98. The number of hydrogen-bond donors (Lipinski definition) is 2. The minimum absolute atomic E-state index is 0.0304. The van der Waals surface area contributed by atoms with Crippen LogP contribution in [0.4, 0.5) is 26.3 Å². The lowest BCUT2D eigenvalue weighted by molar-refractivity contribution is -0.147. The first kappa shape index (κ1) is 28.9. The van der Waals surface area contributed by atoms with Gasteiger partial charge in [-0.25, -0.2) is 0 Å². The van der Waals surface area contributed by atoms with Gasteiger partial charge in [0.05, 0.1) is 35.4 Å². The maximum Gasteiger partial charge on any atom is 0.416 e. The molecule has 1 amide bonds. The van der Waals surface area contributed by atoms with E-state index >= 15 is 0 Å². The second-order valence-corrected chi connectivity index (χ2v) is 11.4. The van der Waals surface area contributed by atoms with Crippen molar-refractivity contribution in [2.75, 3.05) is 20.3 Å². The number of nitrogens with one attached hydrogen (secondary N) is 1. The van der Waals surface area contributed by atoms with Gasteiger partial charge in [-0.15, -0.1) is 0 Å². The summed E-state index contributed by atoms with van der Waals surface area (Å²) < 4.78 is 85.2. The van der Waals surface area contributed by atoms with Crippen LogP contribution in [0.1, 0.15) is 56.2 Å². The van der Waals surface area contributed by atoms with E-state index in [0.29, 0.717) is 50.5 Å². The molecule has 3 aliphatic rings. The number of ether oxygens (including phenoxy) is 1. The van der Waals surface area contributed by atoms with Crippen LogP contribution in [-0.4, -0.2) is 53.9 Å². The van der Waals surface area contributed by atoms with Crippen LogP contribution in [0.5, 0.6) is 0 Å². The molecule has 2 bridgehead atoms. The van der Waals surface area contributed by atoms with Crippen molar-refractivity contribution in [1.29, 1.82) is 0 Å². The Balaban J connectivity index is 1.53. The molecule has 38 heavy (non-hydrogen) atoms. The Kier molecular flexibility index (Phi) is 7.70. The third-order valence-electron chi connectivity index (χ3n) is 8.63. The van der Waals surface area contributed by atoms with Gasteiger partial charge >= 0.3 is 12.4 Å². The minimum Gasteiger partial charge on any atom is -0.389 e. The monoisotopic (exact) mass is 548 g/mol. The first-order chi connectivity index (χ1) is 17.5. The van der Waals surface area contributed by atoms with E-state index in [-0.39, 0.29) is 29.6 Å². The number of carbonyl (C=O) groups is 1. The molecule has 5 atom stereocenters. The summed E-state index contributed by atoms with van der Waals surface area (Å²) in [5.41, 5.74) is -5.92. The van der Waals surface area contributed by atoms with E-state index in [1.165, 1.54) is 13.8 Å². The predicted octanol–water partition coefficient (Wildman–Crippen LogP) is 5.17. The largest absolute Gasteiger partial charge is 0.416 e.